The first kappa shape index (κ1) is 11.6. The molecule has 1 heterocycles. The molecule has 0 spiro atoms. The quantitative estimate of drug-likeness (QED) is 0.791. The lowest BCUT2D eigenvalue weighted by Crippen LogP contribution is -2.10. The molecule has 2 nitrogen and oxygen atoms in total. The molecule has 0 aliphatic rings. The topological polar surface area (TPSA) is 38.9 Å². The maximum atomic E-state index is 5.65. The summed E-state index contributed by atoms with van der Waals surface area (Å²) in [7, 11) is 0. The van der Waals surface area contributed by atoms with E-state index < -0.39 is 0 Å². The van der Waals surface area contributed by atoms with Crippen LogP contribution in [0, 0.1) is 0 Å². The molecule has 0 bridgehead atoms. The molecule has 2 N–H and O–H groups in total. The molecule has 0 atom stereocenters. The Bertz CT molecular complexity index is 347. The maximum Gasteiger partial charge on any atom is 0.116 e. The molecular weight excluding hydrogens is 212 g/mol. The van der Waals surface area contributed by atoms with Gasteiger partial charge in [-0.25, -0.2) is 4.98 Å². The Balaban J connectivity index is 3.20. The van der Waals surface area contributed by atoms with Crippen LogP contribution in [0.5, 0.6) is 0 Å². The van der Waals surface area contributed by atoms with Crippen molar-refractivity contribution in [3.63, 3.8) is 0 Å². The van der Waals surface area contributed by atoms with Crippen LogP contribution in [0.3, 0.4) is 0 Å². The number of thiocarbonyl (C=S) groups is 1. The van der Waals surface area contributed by atoms with Crippen LogP contribution in [0.15, 0.2) is 0 Å². The van der Waals surface area contributed by atoms with Gasteiger partial charge in [0.05, 0.1) is 15.6 Å². The van der Waals surface area contributed by atoms with Crippen molar-refractivity contribution in [2.24, 2.45) is 5.73 Å². The molecule has 4 heteroatoms. The number of nitrogens with two attached hydrogens (primary N) is 1. The fourth-order valence-corrected chi connectivity index (χ4v) is 2.41. The highest BCUT2D eigenvalue weighted by atomic mass is 32.1. The summed E-state index contributed by atoms with van der Waals surface area (Å²) in [5, 5.41) is 1.11. The fourth-order valence-electron chi connectivity index (χ4n) is 1.10. The zero-order valence-electron chi connectivity index (χ0n) is 9.05. The van der Waals surface area contributed by atoms with Gasteiger partial charge in [0.15, 0.2) is 0 Å². The molecule has 1 aromatic heterocycles. The molecule has 0 aliphatic carbocycles. The van der Waals surface area contributed by atoms with Crippen molar-refractivity contribution in [1.29, 1.82) is 0 Å². The van der Waals surface area contributed by atoms with Crippen LogP contribution in [0.1, 0.15) is 43.3 Å². The van der Waals surface area contributed by atoms with Gasteiger partial charge in [-0.1, -0.05) is 39.9 Å². The summed E-state index contributed by atoms with van der Waals surface area (Å²) in [6.45, 7) is 8.52. The largest absolute Gasteiger partial charge is 0.389 e. The van der Waals surface area contributed by atoms with Crippen molar-refractivity contribution in [2.75, 3.05) is 0 Å². The van der Waals surface area contributed by atoms with E-state index in [1.165, 1.54) is 0 Å². The van der Waals surface area contributed by atoms with Crippen molar-refractivity contribution in [3.8, 4) is 0 Å². The Hall–Kier alpha value is -0.480. The molecule has 0 saturated carbocycles. The second kappa shape index (κ2) is 3.95. The first-order chi connectivity index (χ1) is 6.36. The average molecular weight is 228 g/mol. The van der Waals surface area contributed by atoms with Gasteiger partial charge in [-0.15, -0.1) is 11.3 Å². The second-order valence-corrected chi connectivity index (χ2v) is 5.70. The first-order valence-electron chi connectivity index (χ1n) is 4.66. The molecule has 0 aromatic carbocycles. The summed E-state index contributed by atoms with van der Waals surface area (Å²) in [6, 6.07) is 0. The first-order valence-corrected chi connectivity index (χ1v) is 5.88. The van der Waals surface area contributed by atoms with Gasteiger partial charge in [-0.05, 0) is 6.42 Å². The lowest BCUT2D eigenvalue weighted by Gasteiger charge is -2.13. The van der Waals surface area contributed by atoms with Crippen LogP contribution in [0.25, 0.3) is 0 Å². The van der Waals surface area contributed by atoms with E-state index in [4.69, 9.17) is 18.0 Å². The van der Waals surface area contributed by atoms with E-state index in [9.17, 15) is 0 Å². The standard InChI is InChI=1S/C10H16N2S2/c1-5-6-7(8(11)13)14-9(12-6)10(2,3)4/h5H2,1-4H3,(H2,11,13). The predicted molar refractivity (Wildman–Crippen MR) is 66.1 cm³/mol. The van der Waals surface area contributed by atoms with E-state index >= 15 is 0 Å². The Morgan fingerprint density at radius 2 is 2.07 bits per heavy atom. The number of hydrogen-bond acceptors (Lipinski definition) is 3. The molecule has 0 radical (unpaired) electrons. The molecule has 1 aromatic rings. The minimum atomic E-state index is 0.0810. The van der Waals surface area contributed by atoms with Gasteiger partial charge in [-0.2, -0.15) is 0 Å². The second-order valence-electron chi connectivity index (χ2n) is 4.26. The van der Waals surface area contributed by atoms with Gasteiger partial charge < -0.3 is 5.73 Å². The van der Waals surface area contributed by atoms with Gasteiger partial charge in [-0.3, -0.25) is 0 Å². The van der Waals surface area contributed by atoms with E-state index in [2.05, 4.69) is 32.7 Å². The number of aryl methyl sites for hydroxylation is 1. The Morgan fingerprint density at radius 1 is 1.50 bits per heavy atom. The third kappa shape index (κ3) is 2.30. The SMILES string of the molecule is CCc1nc(C(C)(C)C)sc1C(N)=S. The van der Waals surface area contributed by atoms with E-state index in [1.54, 1.807) is 11.3 Å². The van der Waals surface area contributed by atoms with Crippen molar-refractivity contribution in [3.05, 3.63) is 15.6 Å². The monoisotopic (exact) mass is 228 g/mol. The summed E-state index contributed by atoms with van der Waals surface area (Å²) >= 11 is 6.62. The number of thiazole rings is 1. The zero-order valence-corrected chi connectivity index (χ0v) is 10.7. The normalized spacial score (nSPS) is 11.7. The van der Waals surface area contributed by atoms with E-state index in [-0.39, 0.29) is 5.41 Å². The summed E-state index contributed by atoms with van der Waals surface area (Å²) in [5.74, 6) is 0. The molecule has 78 valence electrons. The molecular formula is C10H16N2S2. The van der Waals surface area contributed by atoms with Gasteiger partial charge in [0.2, 0.25) is 0 Å². The van der Waals surface area contributed by atoms with E-state index in [0.29, 0.717) is 4.99 Å². The van der Waals surface area contributed by atoms with Crippen LogP contribution >= 0.6 is 23.6 Å². The highest BCUT2D eigenvalue weighted by Gasteiger charge is 2.21. The lowest BCUT2D eigenvalue weighted by atomic mass is 9.98. The molecule has 0 amide bonds. The maximum absolute atomic E-state index is 5.65. The van der Waals surface area contributed by atoms with Gasteiger partial charge in [0.25, 0.3) is 0 Å². The Kier molecular flexibility index (Phi) is 3.27. The van der Waals surface area contributed by atoms with Crippen molar-refractivity contribution in [2.45, 2.75) is 39.5 Å². The number of hydrogen-bond donors (Lipinski definition) is 1. The highest BCUT2D eigenvalue weighted by Crippen LogP contribution is 2.29. The van der Waals surface area contributed by atoms with Crippen LogP contribution in [-0.2, 0) is 11.8 Å². The Labute approximate surface area is 94.5 Å². The van der Waals surface area contributed by atoms with Gasteiger partial charge in [0, 0.05) is 5.41 Å². The highest BCUT2D eigenvalue weighted by molar-refractivity contribution is 7.81. The third-order valence-electron chi connectivity index (χ3n) is 1.90. The lowest BCUT2D eigenvalue weighted by molar-refractivity contribution is 0.583. The summed E-state index contributed by atoms with van der Waals surface area (Å²) in [4.78, 5) is 6.02. The molecule has 1 rings (SSSR count). The van der Waals surface area contributed by atoms with Crippen LogP contribution in [-0.4, -0.2) is 9.97 Å². The van der Waals surface area contributed by atoms with E-state index in [1.807, 2.05) is 0 Å². The van der Waals surface area contributed by atoms with Crippen molar-refractivity contribution < 1.29 is 0 Å². The van der Waals surface area contributed by atoms with Crippen LogP contribution < -0.4 is 5.73 Å². The number of rotatable bonds is 2. The molecule has 0 fully saturated rings. The van der Waals surface area contributed by atoms with E-state index in [0.717, 1.165) is 22.0 Å². The van der Waals surface area contributed by atoms with Gasteiger partial charge >= 0.3 is 0 Å². The van der Waals surface area contributed by atoms with Crippen LogP contribution in [0.4, 0.5) is 0 Å². The molecule has 0 unspecified atom stereocenters. The van der Waals surface area contributed by atoms with Crippen molar-refractivity contribution in [1.82, 2.24) is 4.98 Å². The summed E-state index contributed by atoms with van der Waals surface area (Å²) in [5.41, 5.74) is 6.76. The van der Waals surface area contributed by atoms with Gasteiger partial charge in [0.1, 0.15) is 4.99 Å². The Morgan fingerprint density at radius 3 is 2.36 bits per heavy atom. The smallest absolute Gasteiger partial charge is 0.116 e. The predicted octanol–water partition coefficient (Wildman–Crippen LogP) is 2.64. The minimum absolute atomic E-state index is 0.0810. The number of aromatic nitrogens is 1. The zero-order chi connectivity index (χ0) is 10.9. The summed E-state index contributed by atoms with van der Waals surface area (Å²) in [6.07, 6.45) is 0.888. The molecule has 0 saturated heterocycles. The molecule has 14 heavy (non-hydrogen) atoms. The number of nitrogens with zero attached hydrogens (tertiary/aromatic N) is 1. The van der Waals surface area contributed by atoms with Crippen molar-refractivity contribution >= 4 is 28.5 Å². The minimum Gasteiger partial charge on any atom is -0.389 e. The third-order valence-corrected chi connectivity index (χ3v) is 3.79. The van der Waals surface area contributed by atoms with Crippen LogP contribution in [0.2, 0.25) is 0 Å². The summed E-state index contributed by atoms with van der Waals surface area (Å²) < 4.78 is 0. The fraction of sp³-hybridized carbons (Fsp3) is 0.600. The average Bonchev–Trinajstić information content (AvgIpc) is 2.45. The molecule has 0 aliphatic heterocycles.